The highest BCUT2D eigenvalue weighted by Crippen LogP contribution is 2.24. The van der Waals surface area contributed by atoms with Crippen molar-refractivity contribution in [2.45, 2.75) is 32.9 Å². The van der Waals surface area contributed by atoms with Crippen LogP contribution in [-0.4, -0.2) is 59.2 Å². The van der Waals surface area contributed by atoms with E-state index >= 15 is 0 Å². The first-order chi connectivity index (χ1) is 16.1. The molecule has 0 aliphatic carbocycles. The predicted molar refractivity (Wildman–Crippen MR) is 128 cm³/mol. The molecule has 1 saturated heterocycles. The Hall–Kier alpha value is -3.55. The largest absolute Gasteiger partial charge is 0.466 e. The van der Waals surface area contributed by atoms with E-state index in [1.54, 1.807) is 11.8 Å². The molecule has 1 aliphatic heterocycles. The number of piperazine rings is 1. The molecular formula is C25H31N5O3. The Kier molecular flexibility index (Phi) is 7.12. The molecule has 0 bridgehead atoms. The number of para-hydroxylation sites is 2. The van der Waals surface area contributed by atoms with Crippen molar-refractivity contribution in [3.8, 4) is 0 Å². The van der Waals surface area contributed by atoms with Gasteiger partial charge in [-0.3, -0.25) is 4.79 Å². The third-order valence-corrected chi connectivity index (χ3v) is 5.98. The second-order valence-electron chi connectivity index (χ2n) is 8.04. The number of imidazole rings is 1. The number of benzene rings is 2. The normalized spacial score (nSPS) is 14.8. The number of aromatic nitrogens is 2. The summed E-state index contributed by atoms with van der Waals surface area (Å²) in [6.45, 7) is 7.62. The number of hydrogen-bond donors (Lipinski definition) is 1. The molecule has 2 aromatic carbocycles. The van der Waals surface area contributed by atoms with Gasteiger partial charge in [0, 0.05) is 32.7 Å². The van der Waals surface area contributed by atoms with Crippen LogP contribution < -0.4 is 10.2 Å². The Labute approximate surface area is 194 Å². The summed E-state index contributed by atoms with van der Waals surface area (Å²) in [7, 11) is 0. The van der Waals surface area contributed by atoms with Crippen LogP contribution in [0.2, 0.25) is 0 Å². The second kappa shape index (κ2) is 10.4. The molecule has 8 heteroatoms. The van der Waals surface area contributed by atoms with Gasteiger partial charge < -0.3 is 24.4 Å². The number of amides is 2. The summed E-state index contributed by atoms with van der Waals surface area (Å²) in [4.78, 5) is 34.0. The van der Waals surface area contributed by atoms with Gasteiger partial charge in [-0.15, -0.1) is 0 Å². The summed E-state index contributed by atoms with van der Waals surface area (Å²) in [5.41, 5.74) is 2.99. The highest BCUT2D eigenvalue weighted by Gasteiger charge is 2.27. The van der Waals surface area contributed by atoms with Gasteiger partial charge in [-0.25, -0.2) is 9.78 Å². The van der Waals surface area contributed by atoms with Crippen LogP contribution in [0.15, 0.2) is 54.6 Å². The molecule has 33 heavy (non-hydrogen) atoms. The van der Waals surface area contributed by atoms with Crippen molar-refractivity contribution < 1.29 is 14.3 Å². The topological polar surface area (TPSA) is 79.7 Å². The lowest BCUT2D eigenvalue weighted by molar-refractivity contribution is -0.143. The summed E-state index contributed by atoms with van der Waals surface area (Å²) in [5.74, 6) is 0.623. The lowest BCUT2D eigenvalue weighted by Crippen LogP contribution is -2.53. The first-order valence-corrected chi connectivity index (χ1v) is 11.6. The van der Waals surface area contributed by atoms with E-state index in [1.165, 1.54) is 0 Å². The van der Waals surface area contributed by atoms with E-state index in [0.29, 0.717) is 32.8 Å². The summed E-state index contributed by atoms with van der Waals surface area (Å²) >= 11 is 0. The molecule has 8 nitrogen and oxygen atoms in total. The standard InChI is InChI=1S/C25H31N5O3/c1-3-30-22-13-9-8-12-20(22)26-24(30)28-14-16-29(17-15-28)25(32)27-21(18-23(31)33-4-2)19-10-6-5-7-11-19/h5-13,21H,3-4,14-18H2,1-2H3,(H,27,32)/t21-/m0/s1. The third-order valence-electron chi connectivity index (χ3n) is 5.98. The molecule has 2 heterocycles. The zero-order valence-corrected chi connectivity index (χ0v) is 19.2. The molecule has 4 rings (SSSR count). The number of esters is 1. The fourth-order valence-corrected chi connectivity index (χ4v) is 4.29. The Balaban J connectivity index is 1.41. The molecule has 1 fully saturated rings. The van der Waals surface area contributed by atoms with Crippen molar-refractivity contribution in [2.75, 3.05) is 37.7 Å². The predicted octanol–water partition coefficient (Wildman–Crippen LogP) is 3.58. The molecule has 1 aliphatic rings. The first kappa shape index (κ1) is 22.6. The number of nitrogens with one attached hydrogen (secondary N) is 1. The average Bonchev–Trinajstić information content (AvgIpc) is 3.23. The van der Waals surface area contributed by atoms with Crippen LogP contribution >= 0.6 is 0 Å². The van der Waals surface area contributed by atoms with E-state index in [-0.39, 0.29) is 18.4 Å². The van der Waals surface area contributed by atoms with Gasteiger partial charge in [0.1, 0.15) is 0 Å². The van der Waals surface area contributed by atoms with Gasteiger partial charge in [0.15, 0.2) is 0 Å². The van der Waals surface area contributed by atoms with Crippen molar-refractivity contribution in [3.63, 3.8) is 0 Å². The van der Waals surface area contributed by atoms with Crippen molar-refractivity contribution in [1.82, 2.24) is 19.8 Å². The third kappa shape index (κ3) is 5.10. The Morgan fingerprint density at radius 2 is 1.70 bits per heavy atom. The number of carbonyl (C=O) groups excluding carboxylic acids is 2. The van der Waals surface area contributed by atoms with Crippen LogP contribution in [0, 0.1) is 0 Å². The molecule has 1 atom stereocenters. The molecule has 2 amide bonds. The number of aryl methyl sites for hydroxylation is 1. The van der Waals surface area contributed by atoms with E-state index < -0.39 is 6.04 Å². The summed E-state index contributed by atoms with van der Waals surface area (Å²) < 4.78 is 7.33. The zero-order chi connectivity index (χ0) is 23.2. The molecule has 0 saturated carbocycles. The number of carbonyl (C=O) groups is 2. The number of urea groups is 1. The van der Waals surface area contributed by atoms with Gasteiger partial charge >= 0.3 is 12.0 Å². The minimum Gasteiger partial charge on any atom is -0.466 e. The van der Waals surface area contributed by atoms with Gasteiger partial charge in [0.05, 0.1) is 30.1 Å². The molecule has 0 unspecified atom stereocenters. The maximum atomic E-state index is 13.1. The van der Waals surface area contributed by atoms with Crippen molar-refractivity contribution >= 4 is 29.0 Å². The van der Waals surface area contributed by atoms with Crippen molar-refractivity contribution in [1.29, 1.82) is 0 Å². The fraction of sp³-hybridized carbons (Fsp3) is 0.400. The number of ether oxygens (including phenoxy) is 1. The number of hydrogen-bond acceptors (Lipinski definition) is 5. The molecule has 0 spiro atoms. The minimum absolute atomic E-state index is 0.101. The van der Waals surface area contributed by atoms with E-state index in [1.807, 2.05) is 48.5 Å². The van der Waals surface area contributed by atoms with Gasteiger partial charge in [-0.2, -0.15) is 0 Å². The number of anilines is 1. The molecule has 0 radical (unpaired) electrons. The van der Waals surface area contributed by atoms with Gasteiger partial charge in [-0.1, -0.05) is 42.5 Å². The summed E-state index contributed by atoms with van der Waals surface area (Å²) in [6.07, 6.45) is 0.101. The van der Waals surface area contributed by atoms with Crippen LogP contribution in [0.3, 0.4) is 0 Å². The zero-order valence-electron chi connectivity index (χ0n) is 19.2. The smallest absolute Gasteiger partial charge is 0.318 e. The summed E-state index contributed by atoms with van der Waals surface area (Å²) in [6, 6.07) is 17.1. The molecular weight excluding hydrogens is 418 g/mol. The van der Waals surface area contributed by atoms with E-state index in [2.05, 4.69) is 27.8 Å². The van der Waals surface area contributed by atoms with Gasteiger partial charge in [0.2, 0.25) is 5.95 Å². The van der Waals surface area contributed by atoms with Crippen LogP contribution in [0.25, 0.3) is 11.0 Å². The van der Waals surface area contributed by atoms with Gasteiger partial charge in [-0.05, 0) is 31.5 Å². The average molecular weight is 450 g/mol. The Morgan fingerprint density at radius 3 is 2.39 bits per heavy atom. The Bertz CT molecular complexity index is 1090. The molecule has 1 aromatic heterocycles. The highest BCUT2D eigenvalue weighted by atomic mass is 16.5. The molecule has 3 aromatic rings. The first-order valence-electron chi connectivity index (χ1n) is 11.6. The van der Waals surface area contributed by atoms with E-state index in [0.717, 1.165) is 29.1 Å². The van der Waals surface area contributed by atoms with Crippen LogP contribution in [-0.2, 0) is 16.1 Å². The SMILES string of the molecule is CCOC(=O)C[C@H](NC(=O)N1CCN(c2nc3ccccc3n2CC)CC1)c1ccccc1. The molecule has 1 N–H and O–H groups in total. The monoisotopic (exact) mass is 449 g/mol. The van der Waals surface area contributed by atoms with Gasteiger partial charge in [0.25, 0.3) is 0 Å². The number of rotatable bonds is 7. The lowest BCUT2D eigenvalue weighted by Gasteiger charge is -2.36. The maximum absolute atomic E-state index is 13.1. The maximum Gasteiger partial charge on any atom is 0.318 e. The van der Waals surface area contributed by atoms with E-state index in [4.69, 9.17) is 9.72 Å². The van der Waals surface area contributed by atoms with Crippen LogP contribution in [0.4, 0.5) is 10.7 Å². The van der Waals surface area contributed by atoms with Crippen molar-refractivity contribution in [2.24, 2.45) is 0 Å². The van der Waals surface area contributed by atoms with Crippen molar-refractivity contribution in [3.05, 3.63) is 60.2 Å². The van der Waals surface area contributed by atoms with E-state index in [9.17, 15) is 9.59 Å². The quantitative estimate of drug-likeness (QED) is 0.558. The summed E-state index contributed by atoms with van der Waals surface area (Å²) in [5, 5.41) is 3.04. The molecule has 174 valence electrons. The Morgan fingerprint density at radius 1 is 1.00 bits per heavy atom. The minimum atomic E-state index is -0.430. The second-order valence-corrected chi connectivity index (χ2v) is 8.04. The fourth-order valence-electron chi connectivity index (χ4n) is 4.29. The number of nitrogens with zero attached hydrogens (tertiary/aromatic N) is 4. The highest BCUT2D eigenvalue weighted by molar-refractivity contribution is 5.79. The van der Waals surface area contributed by atoms with Crippen LogP contribution in [0.5, 0.6) is 0 Å². The lowest BCUT2D eigenvalue weighted by atomic mass is 10.0. The van der Waals surface area contributed by atoms with Crippen LogP contribution in [0.1, 0.15) is 31.9 Å². The number of fused-ring (bicyclic) bond motifs is 1.